The molecule has 0 saturated carbocycles. The number of nitrogens with zero attached hydrogens (tertiary/aromatic N) is 1. The first-order chi connectivity index (χ1) is 15.0. The summed E-state index contributed by atoms with van der Waals surface area (Å²) in [6, 6.07) is 23.2. The van der Waals surface area contributed by atoms with Crippen molar-refractivity contribution in [1.82, 2.24) is 9.72 Å². The number of carbonyl (C=O) groups excluding carboxylic acids is 2. The van der Waals surface area contributed by atoms with Crippen LogP contribution < -0.4 is 5.32 Å². The fourth-order valence-corrected chi connectivity index (χ4v) is 3.70. The summed E-state index contributed by atoms with van der Waals surface area (Å²) in [6.45, 7) is 1.89. The van der Waals surface area contributed by atoms with Gasteiger partial charge in [0.15, 0.2) is 0 Å². The van der Waals surface area contributed by atoms with Crippen LogP contribution in [0.3, 0.4) is 0 Å². The average Bonchev–Trinajstić information content (AvgIpc) is 3.18. The van der Waals surface area contributed by atoms with Crippen LogP contribution in [-0.4, -0.2) is 22.1 Å². The largest absolute Gasteiger partial charge is 0.347 e. The van der Waals surface area contributed by atoms with Crippen molar-refractivity contribution < 1.29 is 14.0 Å². The van der Waals surface area contributed by atoms with Gasteiger partial charge in [-0.05, 0) is 61.2 Å². The quantitative estimate of drug-likeness (QED) is 0.339. The van der Waals surface area contributed by atoms with Crippen molar-refractivity contribution in [2.45, 2.75) is 25.8 Å². The zero-order chi connectivity index (χ0) is 21.8. The number of ketones is 1. The van der Waals surface area contributed by atoms with Crippen LogP contribution in [0.4, 0.5) is 4.39 Å². The van der Waals surface area contributed by atoms with Gasteiger partial charge in [-0.1, -0.05) is 48.5 Å². The van der Waals surface area contributed by atoms with E-state index < -0.39 is 11.7 Å². The molecule has 0 saturated heterocycles. The molecule has 0 aliphatic carbocycles. The van der Waals surface area contributed by atoms with Crippen molar-refractivity contribution in [2.24, 2.45) is 0 Å². The molecule has 5 heteroatoms. The van der Waals surface area contributed by atoms with Crippen LogP contribution in [0.1, 0.15) is 29.4 Å². The van der Waals surface area contributed by atoms with Crippen molar-refractivity contribution in [1.29, 1.82) is 0 Å². The minimum absolute atomic E-state index is 0.155. The van der Waals surface area contributed by atoms with Gasteiger partial charge in [0.05, 0.1) is 0 Å². The Bertz CT molecular complexity index is 1210. The first-order valence-corrected chi connectivity index (χ1v) is 10.3. The Kier molecular flexibility index (Phi) is 5.94. The van der Waals surface area contributed by atoms with Gasteiger partial charge in [-0.15, -0.1) is 0 Å². The zero-order valence-electron chi connectivity index (χ0n) is 17.2. The second kappa shape index (κ2) is 8.96. The van der Waals surface area contributed by atoms with Crippen molar-refractivity contribution in [3.8, 4) is 11.1 Å². The second-order valence-electron chi connectivity index (χ2n) is 7.64. The van der Waals surface area contributed by atoms with Crippen LogP contribution in [0.15, 0.2) is 85.1 Å². The molecule has 0 bridgehead atoms. The number of nitrogens with one attached hydrogen (secondary N) is 1. The molecule has 0 radical (unpaired) electrons. The first-order valence-electron chi connectivity index (χ1n) is 10.3. The average molecular weight is 414 g/mol. The Morgan fingerprint density at radius 1 is 0.968 bits per heavy atom. The van der Waals surface area contributed by atoms with Crippen LogP contribution in [0.25, 0.3) is 16.6 Å². The van der Waals surface area contributed by atoms with E-state index in [1.165, 1.54) is 17.7 Å². The monoisotopic (exact) mass is 414 g/mol. The number of halogens is 1. The van der Waals surface area contributed by atoms with Crippen LogP contribution >= 0.6 is 0 Å². The van der Waals surface area contributed by atoms with Gasteiger partial charge >= 0.3 is 0 Å². The molecule has 156 valence electrons. The summed E-state index contributed by atoms with van der Waals surface area (Å²) in [4.78, 5) is 26.0. The second-order valence-corrected chi connectivity index (χ2v) is 7.64. The van der Waals surface area contributed by atoms with Gasteiger partial charge in [-0.2, -0.15) is 0 Å². The lowest BCUT2D eigenvalue weighted by molar-refractivity contribution is -0.117. The van der Waals surface area contributed by atoms with E-state index in [2.05, 4.69) is 5.32 Å². The fraction of sp³-hybridized carbons (Fsp3) is 0.154. The van der Waals surface area contributed by atoms with Gasteiger partial charge in [-0.3, -0.25) is 9.59 Å². The molecule has 2 heterocycles. The van der Waals surface area contributed by atoms with E-state index in [-0.39, 0.29) is 17.6 Å². The lowest BCUT2D eigenvalue weighted by Gasteiger charge is -2.14. The minimum Gasteiger partial charge on any atom is -0.347 e. The molecule has 0 aliphatic rings. The number of Topliss-reactive ketones (excluding diaryl/α,β-unsaturated/α-hetero) is 1. The number of amides is 1. The zero-order valence-corrected chi connectivity index (χ0v) is 17.2. The summed E-state index contributed by atoms with van der Waals surface area (Å²) < 4.78 is 15.1. The Hall–Kier alpha value is -3.73. The van der Waals surface area contributed by atoms with Crippen LogP contribution in [0.5, 0.6) is 0 Å². The number of carbonyl (C=O) groups is 2. The van der Waals surface area contributed by atoms with Gasteiger partial charge in [0.25, 0.3) is 11.7 Å². The summed E-state index contributed by atoms with van der Waals surface area (Å²) in [5, 5.41) is 2.83. The molecule has 2 aromatic carbocycles. The van der Waals surface area contributed by atoms with Crippen LogP contribution in [-0.2, 0) is 11.2 Å². The minimum atomic E-state index is -0.646. The van der Waals surface area contributed by atoms with Gasteiger partial charge in [-0.25, -0.2) is 4.39 Å². The molecule has 4 rings (SSSR count). The van der Waals surface area contributed by atoms with Gasteiger partial charge < -0.3 is 9.72 Å². The van der Waals surface area contributed by atoms with Crippen molar-refractivity contribution >= 4 is 17.2 Å². The third-order valence-electron chi connectivity index (χ3n) is 5.34. The third-order valence-corrected chi connectivity index (χ3v) is 5.34. The highest BCUT2D eigenvalue weighted by Gasteiger charge is 2.25. The maximum absolute atomic E-state index is 13.4. The molecule has 0 unspecified atom stereocenters. The maximum atomic E-state index is 13.4. The lowest BCUT2D eigenvalue weighted by Crippen LogP contribution is -2.38. The third kappa shape index (κ3) is 4.56. The Morgan fingerprint density at radius 3 is 2.42 bits per heavy atom. The highest BCUT2D eigenvalue weighted by atomic mass is 19.1. The summed E-state index contributed by atoms with van der Waals surface area (Å²) >= 11 is 0. The number of hydrogen-bond acceptors (Lipinski definition) is 2. The number of aryl methyl sites for hydroxylation is 1. The SMILES string of the molecule is C[C@H](CCc1ccccc1)NC(=O)C(=O)c1c(-c2ccc(F)cc2)cc2ccccn12. The molecule has 4 nitrogen and oxygen atoms in total. The molecule has 0 spiro atoms. The molecule has 1 atom stereocenters. The first kappa shape index (κ1) is 20.5. The van der Waals surface area contributed by atoms with Gasteiger partial charge in [0.1, 0.15) is 11.5 Å². The maximum Gasteiger partial charge on any atom is 0.294 e. The number of rotatable bonds is 7. The summed E-state index contributed by atoms with van der Waals surface area (Å²) in [6.07, 6.45) is 3.29. The number of pyridine rings is 1. The van der Waals surface area contributed by atoms with E-state index in [1.807, 2.05) is 55.5 Å². The predicted molar refractivity (Wildman–Crippen MR) is 119 cm³/mol. The van der Waals surface area contributed by atoms with Crippen molar-refractivity contribution in [2.75, 3.05) is 0 Å². The van der Waals surface area contributed by atoms with E-state index in [4.69, 9.17) is 0 Å². The molecule has 0 aliphatic heterocycles. The highest BCUT2D eigenvalue weighted by molar-refractivity contribution is 6.43. The summed E-state index contributed by atoms with van der Waals surface area (Å²) in [5.74, 6) is -1.62. The molecule has 4 aromatic rings. The molecule has 1 N–H and O–H groups in total. The number of fused-ring (bicyclic) bond motifs is 1. The molecule has 0 fully saturated rings. The van der Waals surface area contributed by atoms with Crippen molar-refractivity contribution in [3.63, 3.8) is 0 Å². The highest BCUT2D eigenvalue weighted by Crippen LogP contribution is 2.28. The molecule has 1 amide bonds. The Morgan fingerprint density at radius 2 is 1.68 bits per heavy atom. The van der Waals surface area contributed by atoms with Gasteiger partial charge in [0.2, 0.25) is 0 Å². The van der Waals surface area contributed by atoms with Gasteiger partial charge in [0, 0.05) is 23.3 Å². The Balaban J connectivity index is 1.57. The lowest BCUT2D eigenvalue weighted by atomic mass is 10.0. The predicted octanol–water partition coefficient (Wildman–Crippen LogP) is 5.07. The molecule has 31 heavy (non-hydrogen) atoms. The van der Waals surface area contributed by atoms with E-state index in [0.29, 0.717) is 11.1 Å². The van der Waals surface area contributed by atoms with Crippen LogP contribution in [0, 0.1) is 5.82 Å². The van der Waals surface area contributed by atoms with E-state index in [1.54, 1.807) is 28.8 Å². The topological polar surface area (TPSA) is 50.6 Å². The standard InChI is InChI=1S/C26H23FN2O2/c1-18(10-11-19-7-3-2-4-8-19)28-26(31)25(30)24-23(20-12-14-21(27)15-13-20)17-22-9-5-6-16-29(22)24/h2-9,12-18H,10-11H2,1H3,(H,28,31)/t18-/m1/s1. The number of hydrogen-bond donors (Lipinski definition) is 1. The van der Waals surface area contributed by atoms with Crippen LogP contribution in [0.2, 0.25) is 0 Å². The number of benzene rings is 2. The van der Waals surface area contributed by atoms with E-state index in [0.717, 1.165) is 18.4 Å². The van der Waals surface area contributed by atoms with E-state index >= 15 is 0 Å². The smallest absolute Gasteiger partial charge is 0.294 e. The fourth-order valence-electron chi connectivity index (χ4n) is 3.70. The molecule has 2 aromatic heterocycles. The number of aromatic nitrogens is 1. The Labute approximate surface area is 180 Å². The molecular weight excluding hydrogens is 391 g/mol. The normalized spacial score (nSPS) is 11.9. The summed E-state index contributed by atoms with van der Waals surface area (Å²) in [7, 11) is 0. The van der Waals surface area contributed by atoms with E-state index in [9.17, 15) is 14.0 Å². The summed E-state index contributed by atoms with van der Waals surface area (Å²) in [5.41, 5.74) is 3.53. The molecular formula is C26H23FN2O2. The van der Waals surface area contributed by atoms with Crippen molar-refractivity contribution in [3.05, 3.63) is 102 Å².